The first-order valence-electron chi connectivity index (χ1n) is 7.72. The molecule has 2 aromatic rings. The summed E-state index contributed by atoms with van der Waals surface area (Å²) in [5.74, 6) is -1.86. The van der Waals surface area contributed by atoms with Crippen LogP contribution >= 0.6 is 0 Å². The topological polar surface area (TPSA) is 89.7 Å². The van der Waals surface area contributed by atoms with Crippen LogP contribution in [-0.2, 0) is 21.4 Å². The molecular weight excluding hydrogens is 366 g/mol. The summed E-state index contributed by atoms with van der Waals surface area (Å²) in [7, 11) is -4.04. The van der Waals surface area contributed by atoms with E-state index in [0.717, 1.165) is 18.2 Å². The lowest BCUT2D eigenvalue weighted by Gasteiger charge is -2.39. The largest absolute Gasteiger partial charge is 0.370 e. The Kier molecular flexibility index (Phi) is 5.03. The van der Waals surface area contributed by atoms with Crippen molar-refractivity contribution in [3.05, 3.63) is 65.2 Å². The highest BCUT2D eigenvalue weighted by Crippen LogP contribution is 2.21. The van der Waals surface area contributed by atoms with Crippen molar-refractivity contribution in [1.29, 1.82) is 0 Å². The van der Waals surface area contributed by atoms with Gasteiger partial charge in [0.05, 0.1) is 23.2 Å². The molecule has 0 aromatic heterocycles. The summed E-state index contributed by atoms with van der Waals surface area (Å²) in [4.78, 5) is 13.3. The second-order valence-corrected chi connectivity index (χ2v) is 7.48. The lowest BCUT2D eigenvalue weighted by atomic mass is 10.1. The molecule has 0 unspecified atom stereocenters. The summed E-state index contributed by atoms with van der Waals surface area (Å²) in [6.45, 7) is 0.466. The zero-order valence-corrected chi connectivity index (χ0v) is 14.4. The highest BCUT2D eigenvalue weighted by atomic mass is 32.2. The molecule has 0 bridgehead atoms. The van der Waals surface area contributed by atoms with E-state index in [9.17, 15) is 22.0 Å². The van der Waals surface area contributed by atoms with Crippen molar-refractivity contribution in [2.75, 3.05) is 13.1 Å². The van der Waals surface area contributed by atoms with Crippen LogP contribution in [0.15, 0.2) is 47.4 Å². The molecule has 9 heteroatoms. The van der Waals surface area contributed by atoms with Gasteiger partial charge in [-0.25, -0.2) is 22.3 Å². The van der Waals surface area contributed by atoms with Gasteiger partial charge in [-0.1, -0.05) is 18.2 Å². The zero-order chi connectivity index (χ0) is 18.9. The molecule has 1 amide bonds. The lowest BCUT2D eigenvalue weighted by Crippen LogP contribution is -2.54. The molecule has 1 saturated heterocycles. The normalized spacial score (nSPS) is 15.0. The summed E-state index contributed by atoms with van der Waals surface area (Å²) in [5, 5.41) is 5.00. The standard InChI is InChI=1S/C17H16F2N2O4S/c18-15-4-2-1-3-11(15)10-25-12-8-21(9-12)17(22)14-7-13(26(20,23)24)5-6-16(14)19/h1-7,12H,8-10H2,(H2,20,23,24). The molecule has 0 spiro atoms. The van der Waals surface area contributed by atoms with Crippen LogP contribution in [0.1, 0.15) is 15.9 Å². The molecule has 1 fully saturated rings. The highest BCUT2D eigenvalue weighted by molar-refractivity contribution is 7.89. The van der Waals surface area contributed by atoms with Crippen molar-refractivity contribution in [3.63, 3.8) is 0 Å². The predicted octanol–water partition coefficient (Wildman–Crippen LogP) is 1.65. The highest BCUT2D eigenvalue weighted by Gasteiger charge is 2.33. The molecule has 1 aliphatic rings. The Morgan fingerprint density at radius 1 is 1.15 bits per heavy atom. The number of sulfonamides is 1. The number of nitrogens with two attached hydrogens (primary N) is 1. The third-order valence-corrected chi connectivity index (χ3v) is 4.98. The third-order valence-electron chi connectivity index (χ3n) is 4.06. The maximum absolute atomic E-state index is 13.9. The van der Waals surface area contributed by atoms with Crippen molar-refractivity contribution < 1.29 is 26.7 Å². The molecule has 0 aliphatic carbocycles. The number of carbonyl (C=O) groups excluding carboxylic acids is 1. The van der Waals surface area contributed by atoms with E-state index in [1.54, 1.807) is 18.2 Å². The van der Waals surface area contributed by atoms with Gasteiger partial charge in [-0.05, 0) is 24.3 Å². The number of amides is 1. The number of hydrogen-bond donors (Lipinski definition) is 1. The first kappa shape index (κ1) is 18.4. The van der Waals surface area contributed by atoms with Crippen LogP contribution in [0.4, 0.5) is 8.78 Å². The Morgan fingerprint density at radius 2 is 1.85 bits per heavy atom. The minimum absolute atomic E-state index is 0.0641. The van der Waals surface area contributed by atoms with Crippen LogP contribution in [0.3, 0.4) is 0 Å². The summed E-state index contributed by atoms with van der Waals surface area (Å²) in [6, 6.07) is 9.01. The number of benzene rings is 2. The average Bonchev–Trinajstić information content (AvgIpc) is 2.54. The number of carbonyl (C=O) groups is 1. The summed E-state index contributed by atoms with van der Waals surface area (Å²) >= 11 is 0. The quantitative estimate of drug-likeness (QED) is 0.852. The van der Waals surface area contributed by atoms with Gasteiger partial charge in [0, 0.05) is 18.7 Å². The van der Waals surface area contributed by atoms with Crippen molar-refractivity contribution in [3.8, 4) is 0 Å². The molecule has 3 rings (SSSR count). The zero-order valence-electron chi connectivity index (χ0n) is 13.6. The van der Waals surface area contributed by atoms with Gasteiger partial charge >= 0.3 is 0 Å². The van der Waals surface area contributed by atoms with Crippen molar-refractivity contribution in [2.45, 2.75) is 17.6 Å². The van der Waals surface area contributed by atoms with Crippen LogP contribution in [-0.4, -0.2) is 38.4 Å². The smallest absolute Gasteiger partial charge is 0.257 e. The number of rotatable bonds is 5. The Balaban J connectivity index is 1.61. The Hall–Kier alpha value is -2.36. The van der Waals surface area contributed by atoms with Crippen molar-refractivity contribution in [2.24, 2.45) is 5.14 Å². The molecule has 2 aromatic carbocycles. The van der Waals surface area contributed by atoms with Gasteiger partial charge in [0.15, 0.2) is 0 Å². The van der Waals surface area contributed by atoms with Crippen LogP contribution in [0, 0.1) is 11.6 Å². The molecule has 138 valence electrons. The first-order chi connectivity index (χ1) is 12.3. The van der Waals surface area contributed by atoms with Gasteiger partial charge < -0.3 is 9.64 Å². The Morgan fingerprint density at radius 3 is 2.50 bits per heavy atom. The van der Waals surface area contributed by atoms with E-state index in [2.05, 4.69) is 0 Å². The number of nitrogens with zero attached hydrogens (tertiary/aromatic N) is 1. The summed E-state index contributed by atoms with van der Waals surface area (Å²) in [6.07, 6.45) is -0.303. The second-order valence-electron chi connectivity index (χ2n) is 5.92. The molecule has 0 atom stereocenters. The predicted molar refractivity (Wildman–Crippen MR) is 88.7 cm³/mol. The fraction of sp³-hybridized carbons (Fsp3) is 0.235. The second kappa shape index (κ2) is 7.10. The van der Waals surface area contributed by atoms with Crippen LogP contribution in [0.5, 0.6) is 0 Å². The van der Waals surface area contributed by atoms with E-state index in [-0.39, 0.29) is 42.1 Å². The molecule has 26 heavy (non-hydrogen) atoms. The number of halogens is 2. The van der Waals surface area contributed by atoms with Crippen LogP contribution in [0.2, 0.25) is 0 Å². The van der Waals surface area contributed by atoms with Gasteiger partial charge in [-0.15, -0.1) is 0 Å². The van der Waals surface area contributed by atoms with Gasteiger partial charge in [-0.3, -0.25) is 4.79 Å². The monoisotopic (exact) mass is 382 g/mol. The Labute approximate surface area is 149 Å². The van der Waals surface area contributed by atoms with Gasteiger partial charge in [-0.2, -0.15) is 0 Å². The van der Waals surface area contributed by atoms with Gasteiger partial charge in [0.25, 0.3) is 5.91 Å². The first-order valence-corrected chi connectivity index (χ1v) is 9.27. The Bertz CT molecular complexity index is 944. The van der Waals surface area contributed by atoms with Crippen molar-refractivity contribution in [1.82, 2.24) is 4.90 Å². The van der Waals surface area contributed by atoms with Crippen molar-refractivity contribution >= 4 is 15.9 Å². The van der Waals surface area contributed by atoms with Gasteiger partial charge in [0.2, 0.25) is 10.0 Å². The van der Waals surface area contributed by atoms with E-state index < -0.39 is 21.7 Å². The molecule has 1 aliphatic heterocycles. The minimum Gasteiger partial charge on any atom is -0.370 e. The van der Waals surface area contributed by atoms with E-state index in [1.165, 1.54) is 11.0 Å². The molecule has 6 nitrogen and oxygen atoms in total. The molecular formula is C17H16F2N2O4S. The number of likely N-dealkylation sites (tertiary alicyclic amines) is 1. The number of ether oxygens (including phenoxy) is 1. The maximum Gasteiger partial charge on any atom is 0.257 e. The van der Waals surface area contributed by atoms with E-state index in [0.29, 0.717) is 5.56 Å². The van der Waals surface area contributed by atoms with E-state index >= 15 is 0 Å². The molecule has 0 radical (unpaired) electrons. The molecule has 0 saturated carbocycles. The molecule has 2 N–H and O–H groups in total. The lowest BCUT2D eigenvalue weighted by molar-refractivity contribution is -0.0511. The van der Waals surface area contributed by atoms with E-state index in [4.69, 9.17) is 9.88 Å². The fourth-order valence-corrected chi connectivity index (χ4v) is 3.09. The van der Waals surface area contributed by atoms with Crippen LogP contribution < -0.4 is 5.14 Å². The fourth-order valence-electron chi connectivity index (χ4n) is 2.55. The van der Waals surface area contributed by atoms with Gasteiger partial charge in [0.1, 0.15) is 11.6 Å². The number of primary sulfonamides is 1. The summed E-state index contributed by atoms with van der Waals surface area (Å²) < 4.78 is 55.6. The molecule has 1 heterocycles. The average molecular weight is 382 g/mol. The maximum atomic E-state index is 13.9. The summed E-state index contributed by atoms with van der Waals surface area (Å²) in [5.41, 5.74) is 0.0354. The van der Waals surface area contributed by atoms with Crippen LogP contribution in [0.25, 0.3) is 0 Å². The minimum atomic E-state index is -4.04. The van der Waals surface area contributed by atoms with E-state index in [1.807, 2.05) is 0 Å². The SMILES string of the molecule is NS(=O)(=O)c1ccc(F)c(C(=O)N2CC(OCc3ccccc3F)C2)c1. The third kappa shape index (κ3) is 3.90. The number of hydrogen-bond acceptors (Lipinski definition) is 4.